The summed E-state index contributed by atoms with van der Waals surface area (Å²) in [5, 5.41) is 13.4. The van der Waals surface area contributed by atoms with Crippen LogP contribution in [0.4, 0.5) is 0 Å². The summed E-state index contributed by atoms with van der Waals surface area (Å²) in [5.74, 6) is 0.372. The summed E-state index contributed by atoms with van der Waals surface area (Å²) in [6.07, 6.45) is 0.786. The second-order valence-electron chi connectivity index (χ2n) is 8.27. The molecular formula is C27H24N4O4S. The minimum atomic E-state index is -0.996. The number of carboxylic acid groups (broad SMARTS) is 1. The molecule has 0 saturated heterocycles. The highest BCUT2D eigenvalue weighted by atomic mass is 32.2. The van der Waals surface area contributed by atoms with Crippen molar-refractivity contribution in [2.45, 2.75) is 31.1 Å². The van der Waals surface area contributed by atoms with Crippen LogP contribution in [0.5, 0.6) is 0 Å². The SMILES string of the molecule is CCSc1cc(C(CC)c2nc3c(C(=O)O)cccc3[nH]2)ccc1-c1ccccc1-c1noc(=O)[nH]1. The van der Waals surface area contributed by atoms with Gasteiger partial charge < -0.3 is 10.1 Å². The van der Waals surface area contributed by atoms with Gasteiger partial charge >= 0.3 is 11.7 Å². The fraction of sp³-hybridized carbons (Fsp3) is 0.185. The van der Waals surface area contributed by atoms with Crippen LogP contribution in [-0.4, -0.2) is 36.9 Å². The van der Waals surface area contributed by atoms with E-state index in [0.29, 0.717) is 16.9 Å². The van der Waals surface area contributed by atoms with E-state index in [1.54, 1.807) is 23.9 Å². The molecule has 8 nitrogen and oxygen atoms in total. The van der Waals surface area contributed by atoms with Crippen LogP contribution in [-0.2, 0) is 0 Å². The van der Waals surface area contributed by atoms with E-state index in [9.17, 15) is 14.7 Å². The van der Waals surface area contributed by atoms with E-state index in [4.69, 9.17) is 9.51 Å². The van der Waals surface area contributed by atoms with Crippen molar-refractivity contribution in [3.8, 4) is 22.5 Å². The monoisotopic (exact) mass is 500 g/mol. The number of nitrogens with zero attached hydrogens (tertiary/aromatic N) is 2. The number of imidazole rings is 1. The van der Waals surface area contributed by atoms with Gasteiger partial charge in [0.25, 0.3) is 0 Å². The van der Waals surface area contributed by atoms with Crippen molar-refractivity contribution in [1.82, 2.24) is 20.1 Å². The van der Waals surface area contributed by atoms with Crippen LogP contribution in [0.15, 0.2) is 74.9 Å². The molecule has 3 N–H and O–H groups in total. The molecule has 2 aromatic heterocycles. The quantitative estimate of drug-likeness (QED) is 0.226. The number of carbonyl (C=O) groups is 1. The van der Waals surface area contributed by atoms with Crippen LogP contribution in [0.3, 0.4) is 0 Å². The molecule has 5 aromatic rings. The number of rotatable bonds is 8. The summed E-state index contributed by atoms with van der Waals surface area (Å²) in [6.45, 7) is 4.19. The molecule has 0 saturated carbocycles. The number of hydrogen-bond donors (Lipinski definition) is 3. The fourth-order valence-electron chi connectivity index (χ4n) is 4.50. The normalized spacial score (nSPS) is 12.2. The summed E-state index contributed by atoms with van der Waals surface area (Å²) in [5.41, 5.74) is 5.18. The number of carboxylic acids is 1. The first-order valence-electron chi connectivity index (χ1n) is 11.6. The smallest absolute Gasteiger partial charge is 0.439 e. The van der Waals surface area contributed by atoms with Gasteiger partial charge in [0.15, 0.2) is 5.82 Å². The van der Waals surface area contributed by atoms with Gasteiger partial charge in [-0.1, -0.05) is 61.5 Å². The highest BCUT2D eigenvalue weighted by Gasteiger charge is 2.21. The Hall–Kier alpha value is -4.11. The zero-order valence-electron chi connectivity index (χ0n) is 19.7. The van der Waals surface area contributed by atoms with Gasteiger partial charge in [0.05, 0.1) is 11.1 Å². The molecule has 0 spiro atoms. The molecule has 5 rings (SSSR count). The van der Waals surface area contributed by atoms with E-state index < -0.39 is 11.7 Å². The van der Waals surface area contributed by atoms with Gasteiger partial charge in [-0.05, 0) is 47.1 Å². The van der Waals surface area contributed by atoms with E-state index in [2.05, 4.69) is 47.2 Å². The lowest BCUT2D eigenvalue weighted by atomic mass is 9.92. The van der Waals surface area contributed by atoms with Crippen LogP contribution < -0.4 is 5.76 Å². The average molecular weight is 501 g/mol. The first-order chi connectivity index (χ1) is 17.5. The predicted molar refractivity (Wildman–Crippen MR) is 140 cm³/mol. The van der Waals surface area contributed by atoms with Crippen LogP contribution >= 0.6 is 11.8 Å². The van der Waals surface area contributed by atoms with Gasteiger partial charge in [0.1, 0.15) is 11.3 Å². The number of aromatic carboxylic acids is 1. The predicted octanol–water partition coefficient (Wildman–Crippen LogP) is 5.93. The molecular weight excluding hydrogens is 476 g/mol. The molecule has 0 radical (unpaired) electrons. The van der Waals surface area contributed by atoms with E-state index in [1.807, 2.05) is 30.3 Å². The zero-order valence-corrected chi connectivity index (χ0v) is 20.6. The maximum atomic E-state index is 11.7. The van der Waals surface area contributed by atoms with E-state index >= 15 is 0 Å². The summed E-state index contributed by atoms with van der Waals surface area (Å²) >= 11 is 1.73. The summed E-state index contributed by atoms with van der Waals surface area (Å²) in [6, 6.07) is 19.2. The molecule has 182 valence electrons. The number of hydrogen-bond acceptors (Lipinski definition) is 6. The molecule has 3 aromatic carbocycles. The number of thioether (sulfide) groups is 1. The Kier molecular flexibility index (Phi) is 6.47. The van der Waals surface area contributed by atoms with Crippen molar-refractivity contribution in [1.29, 1.82) is 0 Å². The first kappa shape index (κ1) is 23.6. The first-order valence-corrected chi connectivity index (χ1v) is 12.6. The van der Waals surface area contributed by atoms with Crippen LogP contribution in [0.25, 0.3) is 33.5 Å². The van der Waals surface area contributed by atoms with Crippen LogP contribution in [0.2, 0.25) is 0 Å². The van der Waals surface area contributed by atoms with Crippen LogP contribution in [0, 0.1) is 0 Å². The number of H-pyrrole nitrogens is 2. The van der Waals surface area contributed by atoms with Crippen LogP contribution in [0.1, 0.15) is 47.9 Å². The maximum Gasteiger partial charge on any atom is 0.439 e. The number of fused-ring (bicyclic) bond motifs is 1. The summed E-state index contributed by atoms with van der Waals surface area (Å²) < 4.78 is 4.74. The highest BCUT2D eigenvalue weighted by Crippen LogP contribution is 2.39. The van der Waals surface area contributed by atoms with Crippen molar-refractivity contribution in [2.75, 3.05) is 5.75 Å². The number of para-hydroxylation sites is 1. The van der Waals surface area contributed by atoms with Crippen molar-refractivity contribution < 1.29 is 14.4 Å². The number of nitrogens with one attached hydrogen (secondary N) is 2. The lowest BCUT2D eigenvalue weighted by Gasteiger charge is -2.18. The zero-order chi connectivity index (χ0) is 25.2. The van der Waals surface area contributed by atoms with Crippen molar-refractivity contribution in [2.24, 2.45) is 0 Å². The third-order valence-corrected chi connectivity index (χ3v) is 7.06. The molecule has 1 atom stereocenters. The molecule has 0 aliphatic rings. The molecule has 0 amide bonds. The number of aromatic amines is 2. The third-order valence-electron chi connectivity index (χ3n) is 6.12. The topological polar surface area (TPSA) is 125 Å². The molecule has 9 heteroatoms. The van der Waals surface area contributed by atoms with E-state index in [-0.39, 0.29) is 11.5 Å². The molecule has 0 bridgehead atoms. The Morgan fingerprint density at radius 2 is 1.83 bits per heavy atom. The third kappa shape index (κ3) is 4.33. The van der Waals surface area contributed by atoms with Gasteiger partial charge in [0, 0.05) is 16.4 Å². The summed E-state index contributed by atoms with van der Waals surface area (Å²) in [4.78, 5) is 35.0. The Bertz CT molecular complexity index is 1620. The van der Waals surface area contributed by atoms with Gasteiger partial charge in [-0.25, -0.2) is 14.6 Å². The second kappa shape index (κ2) is 9.87. The van der Waals surface area contributed by atoms with Crippen molar-refractivity contribution in [3.05, 3.63) is 88.2 Å². The maximum absolute atomic E-state index is 11.7. The molecule has 36 heavy (non-hydrogen) atoms. The number of benzene rings is 3. The lowest BCUT2D eigenvalue weighted by Crippen LogP contribution is -2.03. The lowest BCUT2D eigenvalue weighted by molar-refractivity contribution is 0.0699. The fourth-order valence-corrected chi connectivity index (χ4v) is 5.36. The van der Waals surface area contributed by atoms with Gasteiger partial charge in [-0.15, -0.1) is 11.8 Å². The van der Waals surface area contributed by atoms with Crippen molar-refractivity contribution in [3.63, 3.8) is 0 Å². The molecule has 0 aliphatic heterocycles. The van der Waals surface area contributed by atoms with E-state index in [1.165, 1.54) is 0 Å². The standard InChI is InChI=1S/C27H24N4O4S/c1-3-16(24-28-21-11-7-10-20(26(32)33)23(21)29-24)15-12-13-18(22(14-15)36-4-2)17-8-5-6-9-19(17)25-30-27(34)35-31-25/h5-14,16H,3-4H2,1-2H3,(H,28,29)(H,32,33)(H,30,31,34). The average Bonchev–Trinajstić information content (AvgIpc) is 3.51. The molecule has 0 aliphatic carbocycles. The largest absolute Gasteiger partial charge is 0.478 e. The highest BCUT2D eigenvalue weighted by molar-refractivity contribution is 7.99. The van der Waals surface area contributed by atoms with Gasteiger partial charge in [-0.3, -0.25) is 9.51 Å². The van der Waals surface area contributed by atoms with E-state index in [0.717, 1.165) is 45.1 Å². The number of aromatic nitrogens is 4. The van der Waals surface area contributed by atoms with Gasteiger partial charge in [0.2, 0.25) is 0 Å². The summed E-state index contributed by atoms with van der Waals surface area (Å²) in [7, 11) is 0. The Labute approximate surface area is 210 Å². The second-order valence-corrected chi connectivity index (χ2v) is 9.57. The Balaban J connectivity index is 1.60. The molecule has 2 heterocycles. The van der Waals surface area contributed by atoms with Gasteiger partial charge in [-0.2, -0.15) is 0 Å². The Morgan fingerprint density at radius 3 is 2.53 bits per heavy atom. The minimum Gasteiger partial charge on any atom is -0.478 e. The Morgan fingerprint density at radius 1 is 1.03 bits per heavy atom. The molecule has 1 unspecified atom stereocenters. The van der Waals surface area contributed by atoms with Crippen molar-refractivity contribution >= 4 is 28.8 Å². The molecule has 0 fully saturated rings. The minimum absolute atomic E-state index is 0.0357.